The summed E-state index contributed by atoms with van der Waals surface area (Å²) < 4.78 is 177. The Kier molecular flexibility index (Phi) is 17.5. The molecule has 0 saturated heterocycles. The number of carboxylic acids is 1. The van der Waals surface area contributed by atoms with E-state index in [0.29, 0.717) is 69.9 Å². The van der Waals surface area contributed by atoms with Crippen molar-refractivity contribution < 1.29 is 90.6 Å². The Morgan fingerprint density at radius 2 is 0.882 bits per heavy atom. The Labute approximate surface area is 530 Å². The molecule has 2 heterocycles. The van der Waals surface area contributed by atoms with Gasteiger partial charge in [-0.25, -0.2) is 35.9 Å². The predicted octanol–water partition coefficient (Wildman–Crippen LogP) is 14.1. The first-order valence-electron chi connectivity index (χ1n) is 30.8. The number of hydrogen-bond acceptors (Lipinski definition) is 15. The Morgan fingerprint density at radius 3 is 1.26 bits per heavy atom. The number of nitrogens with zero attached hydrogens (tertiary/aromatic N) is 2. The molecule has 0 spiro atoms. The molecule has 6 fully saturated rings. The molecular formula is C67H64F6N4O14S2. The monoisotopic (exact) mass is 1330 g/mol. The van der Waals surface area contributed by atoms with Gasteiger partial charge in [0.1, 0.15) is 34.4 Å². The molecule has 4 bridgehead atoms. The fraction of sp³-hybridized carbons (Fsp3) is 0.403. The zero-order chi connectivity index (χ0) is 65.1. The summed E-state index contributed by atoms with van der Waals surface area (Å²) in [6, 6.07) is 30.1. The third kappa shape index (κ3) is 13.6. The van der Waals surface area contributed by atoms with Crippen LogP contribution in [0.2, 0.25) is 0 Å². The maximum Gasteiger partial charge on any atom is 0.573 e. The first kappa shape index (κ1) is 63.9. The fourth-order valence-electron chi connectivity index (χ4n) is 14.4. The van der Waals surface area contributed by atoms with Gasteiger partial charge in [-0.05, 0) is 160 Å². The Hall–Kier alpha value is -7.88. The van der Waals surface area contributed by atoms with Crippen LogP contribution >= 0.6 is 0 Å². The van der Waals surface area contributed by atoms with Gasteiger partial charge in [0.25, 0.3) is 0 Å². The van der Waals surface area contributed by atoms with Crippen LogP contribution in [0.15, 0.2) is 140 Å². The predicted molar refractivity (Wildman–Crippen MR) is 324 cm³/mol. The Balaban J connectivity index is 0.000000169. The number of carboxylic acid groups (broad SMARTS) is 1. The number of nitrogens with one attached hydrogen (secondary N) is 2. The van der Waals surface area contributed by atoms with Crippen molar-refractivity contribution in [3.05, 3.63) is 155 Å². The highest BCUT2D eigenvalue weighted by molar-refractivity contribution is 7.90. The van der Waals surface area contributed by atoms with Crippen molar-refractivity contribution in [3.8, 4) is 34.0 Å². The van der Waals surface area contributed by atoms with Gasteiger partial charge >= 0.3 is 24.7 Å². The molecule has 18 nitrogen and oxygen atoms in total. The minimum atomic E-state index is -4.87. The maximum absolute atomic E-state index is 13.8. The third-order valence-electron chi connectivity index (χ3n) is 18.9. The smallest absolute Gasteiger partial charge is 0.478 e. The van der Waals surface area contributed by atoms with Crippen LogP contribution in [-0.4, -0.2) is 88.3 Å². The molecule has 8 aromatic rings. The van der Waals surface area contributed by atoms with Crippen molar-refractivity contribution in [2.45, 2.75) is 149 Å². The first-order chi connectivity index (χ1) is 44.5. The number of carbonyl (C=O) groups excluding carboxylic acids is 1. The van der Waals surface area contributed by atoms with Gasteiger partial charge in [-0.1, -0.05) is 83.1 Å². The van der Waals surface area contributed by atoms with Crippen molar-refractivity contribution in [2.75, 3.05) is 7.11 Å². The zero-order valence-corrected chi connectivity index (χ0v) is 51.6. The number of hydrogen-bond donors (Lipinski definition) is 3. The number of aromatic nitrogens is 2. The van der Waals surface area contributed by atoms with Gasteiger partial charge in [0.15, 0.2) is 0 Å². The number of rotatable bonds is 20. The standard InChI is InChI=1S/C34H33F3N2O7S.C33H31F3N2O7S/c1-43-33(40)25-14-15-29(24-7-3-2-6-23(24)25)47(41,42)39-30-20-12-13-21(30)17-22(16-20)44-18-27-31(38-46-32(27)19-10-11-19)26-8-4-5-9-28(26)45-34(35,36)37;34-33(35,36)44-27-8-4-3-7-25(27)30-26(31(45-37-30)18-9-10-18)17-43-21-15-19-11-12-20(16-21)29(19)38-46(41,42)28-14-13-24(32(39)40)22-5-1-2-6-23(22)28/h2-9,14-15,19-22,30,39H,10-13,16-18H2,1H3;1-8,13-14,18-21,29,38H,9-12,15-17H2,(H,39,40). The van der Waals surface area contributed by atoms with E-state index >= 15 is 0 Å². The molecule has 6 aromatic carbocycles. The van der Waals surface area contributed by atoms with Crippen LogP contribution in [-0.2, 0) is 47.5 Å². The molecule has 6 aliphatic carbocycles. The molecule has 6 aliphatic rings. The third-order valence-corrected chi connectivity index (χ3v) is 21.9. The summed E-state index contributed by atoms with van der Waals surface area (Å²) in [5, 5.41) is 19.5. The van der Waals surface area contributed by atoms with Crippen LogP contribution in [0.5, 0.6) is 11.5 Å². The summed E-state index contributed by atoms with van der Waals surface area (Å²) in [5.41, 5.74) is 2.40. The summed E-state index contributed by atoms with van der Waals surface area (Å²) in [5.74, 6) is -0.774. The van der Waals surface area contributed by atoms with Crippen molar-refractivity contribution in [2.24, 2.45) is 23.7 Å². The Morgan fingerprint density at radius 1 is 0.516 bits per heavy atom. The van der Waals surface area contributed by atoms with Gasteiger partial charge in [0.05, 0.1) is 53.4 Å². The van der Waals surface area contributed by atoms with Gasteiger partial charge in [0.2, 0.25) is 20.0 Å². The van der Waals surface area contributed by atoms with E-state index in [9.17, 15) is 57.9 Å². The highest BCUT2D eigenvalue weighted by atomic mass is 32.2. The van der Waals surface area contributed by atoms with Gasteiger partial charge in [-0.2, -0.15) is 0 Å². The van der Waals surface area contributed by atoms with E-state index in [4.69, 9.17) is 23.3 Å². The molecular weight excluding hydrogens is 1260 g/mol. The molecule has 26 heteroatoms. The van der Waals surface area contributed by atoms with E-state index in [0.717, 1.165) is 51.4 Å². The second-order valence-electron chi connectivity index (χ2n) is 24.8. The molecule has 0 aliphatic heterocycles. The fourth-order valence-corrected chi connectivity index (χ4v) is 17.6. The van der Waals surface area contributed by atoms with E-state index in [1.54, 1.807) is 60.7 Å². The number of carbonyl (C=O) groups is 2. The van der Waals surface area contributed by atoms with Crippen molar-refractivity contribution in [1.82, 2.24) is 19.8 Å². The SMILES string of the molecule is COC(=O)c1ccc(S(=O)(=O)NC2C3CCC2CC(OCc2c(-c4ccccc4OC(F)(F)F)noc2C2CC2)C3)c2ccccc12.O=C(O)c1ccc(S(=O)(=O)NC2C3CCC2CC(OCc2c(-c4ccccc4OC(F)(F)F)noc2C2CC2)C3)c2ccccc12. The molecule has 4 atom stereocenters. The summed E-state index contributed by atoms with van der Waals surface area (Å²) in [6.07, 6.45) is -0.719. The van der Waals surface area contributed by atoms with Crippen molar-refractivity contribution >= 4 is 53.5 Å². The van der Waals surface area contributed by atoms with E-state index < -0.39 is 44.7 Å². The minimum Gasteiger partial charge on any atom is -0.478 e. The lowest BCUT2D eigenvalue weighted by atomic mass is 9.83. The number of ether oxygens (including phenoxy) is 5. The lowest BCUT2D eigenvalue weighted by Crippen LogP contribution is -2.46. The number of esters is 1. The number of alkyl halides is 6. The number of aromatic carboxylic acids is 1. The van der Waals surface area contributed by atoms with E-state index in [2.05, 4.69) is 29.2 Å². The molecule has 490 valence electrons. The summed E-state index contributed by atoms with van der Waals surface area (Å²) in [4.78, 5) is 24.2. The average molecular weight is 1330 g/mol. The number of para-hydroxylation sites is 2. The highest BCUT2D eigenvalue weighted by Gasteiger charge is 2.48. The molecule has 4 unspecified atom stereocenters. The van der Waals surface area contributed by atoms with Crippen LogP contribution in [0.1, 0.15) is 132 Å². The maximum atomic E-state index is 13.8. The normalized spacial score (nSPS) is 23.0. The molecule has 2 aromatic heterocycles. The number of benzene rings is 6. The van der Waals surface area contributed by atoms with Crippen LogP contribution < -0.4 is 18.9 Å². The lowest BCUT2D eigenvalue weighted by Gasteiger charge is -2.35. The van der Waals surface area contributed by atoms with Crippen LogP contribution in [0.3, 0.4) is 0 Å². The number of sulfonamides is 2. The molecule has 0 amide bonds. The van der Waals surface area contributed by atoms with Gasteiger partial charge in [-0.15, -0.1) is 26.3 Å². The van der Waals surface area contributed by atoms with Gasteiger partial charge in [-0.3, -0.25) is 0 Å². The number of methoxy groups -OCH3 is 1. The molecule has 0 radical (unpaired) electrons. The molecule has 93 heavy (non-hydrogen) atoms. The van der Waals surface area contributed by atoms with Crippen LogP contribution in [0.25, 0.3) is 44.1 Å². The topological polar surface area (TPSA) is 245 Å². The summed E-state index contributed by atoms with van der Waals surface area (Å²) in [7, 11) is -6.64. The average Bonchev–Trinajstić information content (AvgIpc) is 1.76. The van der Waals surface area contributed by atoms with Gasteiger partial charge < -0.3 is 37.8 Å². The van der Waals surface area contributed by atoms with Crippen molar-refractivity contribution in [3.63, 3.8) is 0 Å². The van der Waals surface area contributed by atoms with E-state index in [1.165, 1.54) is 67.8 Å². The molecule has 3 N–H and O–H groups in total. The second kappa shape index (κ2) is 25.4. The second-order valence-corrected chi connectivity index (χ2v) is 28.2. The highest BCUT2D eigenvalue weighted by Crippen LogP contribution is 2.50. The first-order valence-corrected chi connectivity index (χ1v) is 33.8. The minimum absolute atomic E-state index is 0.0221. The zero-order valence-electron chi connectivity index (χ0n) is 50.0. The molecule has 6 saturated carbocycles. The summed E-state index contributed by atoms with van der Waals surface area (Å²) in [6.45, 7) is 0.192. The summed E-state index contributed by atoms with van der Waals surface area (Å²) >= 11 is 0. The number of fused-ring (bicyclic) bond motifs is 6. The van der Waals surface area contributed by atoms with Crippen LogP contribution in [0, 0.1) is 23.7 Å². The van der Waals surface area contributed by atoms with Crippen LogP contribution in [0.4, 0.5) is 26.3 Å². The van der Waals surface area contributed by atoms with Gasteiger partial charge in [0, 0.05) is 56.9 Å². The van der Waals surface area contributed by atoms with Crippen molar-refractivity contribution in [1.29, 1.82) is 0 Å². The van der Waals surface area contributed by atoms with E-state index in [-0.39, 0.29) is 128 Å². The Bertz CT molecular complexity index is 4350. The van der Waals surface area contributed by atoms with E-state index in [1.807, 2.05) is 0 Å². The lowest BCUT2D eigenvalue weighted by molar-refractivity contribution is -0.275. The quantitative estimate of drug-likeness (QED) is 0.0474. The molecule has 14 rings (SSSR count). The largest absolute Gasteiger partial charge is 0.573 e. The number of halogens is 6.